The number of amides is 2. The highest BCUT2D eigenvalue weighted by Gasteiger charge is 2.32. The number of unbranched alkanes of at least 4 members (excludes halogenated alkanes) is 4. The predicted octanol–water partition coefficient (Wildman–Crippen LogP) is 6.25. The molecule has 0 bridgehead atoms. The van der Waals surface area contributed by atoms with Crippen LogP contribution >= 0.6 is 0 Å². The van der Waals surface area contributed by atoms with E-state index in [0.717, 1.165) is 53.6 Å². The number of carbonyl (C=O) groups is 3. The van der Waals surface area contributed by atoms with Crippen LogP contribution in [0.1, 0.15) is 83.6 Å². The van der Waals surface area contributed by atoms with Gasteiger partial charge in [0.2, 0.25) is 21.8 Å². The minimum atomic E-state index is -3.57. The number of hydrogen-bond acceptors (Lipinski definition) is 7. The van der Waals surface area contributed by atoms with E-state index in [-0.39, 0.29) is 18.7 Å². The molecule has 4 N–H and O–H groups in total. The molecule has 12 heteroatoms. The number of rotatable bonds is 17. The van der Waals surface area contributed by atoms with Crippen LogP contribution in [-0.2, 0) is 30.8 Å². The van der Waals surface area contributed by atoms with E-state index in [1.165, 1.54) is 23.3 Å². The zero-order valence-electron chi connectivity index (χ0n) is 29.7. The first-order valence-corrected chi connectivity index (χ1v) is 19.0. The molecule has 2 aromatic carbocycles. The van der Waals surface area contributed by atoms with Crippen molar-refractivity contribution in [3.05, 3.63) is 72.8 Å². The molecule has 11 nitrogen and oxygen atoms in total. The number of ether oxygens (including phenoxy) is 1. The van der Waals surface area contributed by atoms with Crippen LogP contribution in [0, 0.1) is 0 Å². The number of carboxylic acids is 1. The van der Waals surface area contributed by atoms with Crippen molar-refractivity contribution in [1.82, 2.24) is 14.6 Å². The van der Waals surface area contributed by atoms with Crippen LogP contribution in [0.2, 0.25) is 0 Å². The number of aryl methyl sites for hydroxylation is 1. The molecule has 3 aromatic rings. The molecular formula is C38H54N4O7S. The van der Waals surface area contributed by atoms with Gasteiger partial charge < -0.3 is 20.5 Å². The van der Waals surface area contributed by atoms with Crippen LogP contribution in [0.15, 0.2) is 67.3 Å². The van der Waals surface area contributed by atoms with Crippen molar-refractivity contribution in [2.45, 2.75) is 90.5 Å². The molecule has 4 rings (SSSR count). The first kappa shape index (κ1) is 41.9. The zero-order chi connectivity index (χ0) is 36.9. The molecule has 50 heavy (non-hydrogen) atoms. The molecule has 1 fully saturated rings. The molecule has 1 saturated heterocycles. The Morgan fingerprint density at radius 3 is 2.36 bits per heavy atom. The first-order valence-electron chi connectivity index (χ1n) is 17.4. The third-order valence-corrected chi connectivity index (χ3v) is 9.57. The van der Waals surface area contributed by atoms with E-state index in [0.29, 0.717) is 32.2 Å². The molecule has 274 valence electrons. The molecule has 2 heterocycles. The first-order chi connectivity index (χ1) is 24.0. The van der Waals surface area contributed by atoms with Gasteiger partial charge >= 0.3 is 5.97 Å². The van der Waals surface area contributed by atoms with Gasteiger partial charge in [0.15, 0.2) is 0 Å². The molecule has 1 atom stereocenters. The molecular weight excluding hydrogens is 657 g/mol. The maximum atomic E-state index is 12.3. The summed E-state index contributed by atoms with van der Waals surface area (Å²) in [5, 5.41) is 8.97. The minimum Gasteiger partial charge on any atom is -0.496 e. The van der Waals surface area contributed by atoms with E-state index in [2.05, 4.69) is 37.3 Å². The molecule has 1 aliphatic rings. The number of carbonyl (C=O) groups excluding carboxylic acids is 2. The summed E-state index contributed by atoms with van der Waals surface area (Å²) in [6.07, 6.45) is 10.2. The largest absolute Gasteiger partial charge is 0.496 e. The lowest BCUT2D eigenvalue weighted by Gasteiger charge is -2.22. The van der Waals surface area contributed by atoms with Crippen molar-refractivity contribution in [1.29, 1.82) is 0 Å². The third kappa shape index (κ3) is 14.7. The van der Waals surface area contributed by atoms with Crippen LogP contribution < -0.4 is 15.2 Å². The summed E-state index contributed by atoms with van der Waals surface area (Å²) in [5.41, 5.74) is 9.30. The average molecular weight is 711 g/mol. The minimum absolute atomic E-state index is 0.0396. The zero-order valence-corrected chi connectivity index (χ0v) is 30.6. The molecule has 0 radical (unpaired) electrons. The maximum Gasteiger partial charge on any atom is 0.303 e. The number of carboxylic acid groups (broad SMARTS) is 1. The van der Waals surface area contributed by atoms with E-state index in [1.807, 2.05) is 42.5 Å². The van der Waals surface area contributed by atoms with Gasteiger partial charge in [0.25, 0.3) is 0 Å². The second-order valence-electron chi connectivity index (χ2n) is 12.1. The Morgan fingerprint density at radius 1 is 1.06 bits per heavy atom. The summed E-state index contributed by atoms with van der Waals surface area (Å²) in [7, 11) is -1.91. The van der Waals surface area contributed by atoms with Crippen molar-refractivity contribution in [3.8, 4) is 17.0 Å². The van der Waals surface area contributed by atoms with Crippen molar-refractivity contribution < 1.29 is 32.6 Å². The van der Waals surface area contributed by atoms with E-state index in [1.54, 1.807) is 13.2 Å². The SMILES string of the molecule is C=CCCC(=O)O.CCCC.COc1cc(-c2ccccc2)nc2ccc(CCCCCCS(=O)(=O)NCC(=O)N3CCC[C@H]3C(N)=O)cc12. The lowest BCUT2D eigenvalue weighted by atomic mass is 10.0. The van der Waals surface area contributed by atoms with E-state index >= 15 is 0 Å². The van der Waals surface area contributed by atoms with Gasteiger partial charge in [0.1, 0.15) is 11.8 Å². The van der Waals surface area contributed by atoms with E-state index in [9.17, 15) is 22.8 Å². The maximum absolute atomic E-state index is 12.3. The highest BCUT2D eigenvalue weighted by Crippen LogP contribution is 2.31. The van der Waals surface area contributed by atoms with Gasteiger partial charge in [-0.25, -0.2) is 18.1 Å². The van der Waals surface area contributed by atoms with Crippen LogP contribution in [0.5, 0.6) is 5.75 Å². The fourth-order valence-electron chi connectivity index (χ4n) is 5.23. The summed E-state index contributed by atoms with van der Waals surface area (Å²) in [4.78, 5) is 39.7. The Balaban J connectivity index is 0.000000684. The predicted molar refractivity (Wildman–Crippen MR) is 199 cm³/mol. The van der Waals surface area contributed by atoms with Gasteiger partial charge in [-0.3, -0.25) is 14.4 Å². The molecule has 1 aliphatic heterocycles. The molecule has 0 aliphatic carbocycles. The van der Waals surface area contributed by atoms with Crippen molar-refractivity contribution >= 4 is 38.7 Å². The summed E-state index contributed by atoms with van der Waals surface area (Å²) < 4.78 is 32.7. The number of pyridine rings is 1. The van der Waals surface area contributed by atoms with Crippen molar-refractivity contribution in [3.63, 3.8) is 0 Å². The topological polar surface area (TPSA) is 169 Å². The Labute approximate surface area is 297 Å². The number of primary amides is 1. The Bertz CT molecular complexity index is 1630. The number of aromatic nitrogens is 1. The number of sulfonamides is 1. The Hall–Kier alpha value is -4.29. The molecule has 0 spiro atoms. The highest BCUT2D eigenvalue weighted by molar-refractivity contribution is 7.89. The van der Waals surface area contributed by atoms with Crippen molar-refractivity contribution in [2.24, 2.45) is 5.73 Å². The number of hydrogen-bond donors (Lipinski definition) is 3. The van der Waals surface area contributed by atoms with Crippen LogP contribution in [0.25, 0.3) is 22.2 Å². The lowest BCUT2D eigenvalue weighted by Crippen LogP contribution is -2.47. The second-order valence-corrected chi connectivity index (χ2v) is 14.0. The number of allylic oxidation sites excluding steroid dienone is 1. The normalized spacial score (nSPS) is 13.8. The number of nitrogens with one attached hydrogen (secondary N) is 1. The van der Waals surface area contributed by atoms with Gasteiger partial charge in [-0.2, -0.15) is 0 Å². The van der Waals surface area contributed by atoms with Crippen LogP contribution in [0.4, 0.5) is 0 Å². The van der Waals surface area contributed by atoms with Crippen molar-refractivity contribution in [2.75, 3.05) is 26.0 Å². The lowest BCUT2D eigenvalue weighted by molar-refractivity contribution is -0.137. The Kier molecular flexibility index (Phi) is 18.8. The average Bonchev–Trinajstić information content (AvgIpc) is 3.62. The van der Waals surface area contributed by atoms with Gasteiger partial charge in [0.05, 0.1) is 30.6 Å². The monoisotopic (exact) mass is 710 g/mol. The summed E-state index contributed by atoms with van der Waals surface area (Å²) in [5.74, 6) is -0.993. The number of nitrogens with zero attached hydrogens (tertiary/aromatic N) is 2. The number of nitrogens with two attached hydrogens (primary N) is 1. The van der Waals surface area contributed by atoms with Gasteiger partial charge in [-0.15, -0.1) is 6.58 Å². The highest BCUT2D eigenvalue weighted by atomic mass is 32.2. The van der Waals surface area contributed by atoms with Crippen LogP contribution in [0.3, 0.4) is 0 Å². The second kappa shape index (κ2) is 22.4. The molecule has 1 aromatic heterocycles. The number of aliphatic carboxylic acids is 1. The smallest absolute Gasteiger partial charge is 0.303 e. The van der Waals surface area contributed by atoms with E-state index < -0.39 is 33.8 Å². The van der Waals surface area contributed by atoms with Crippen LogP contribution in [-0.4, -0.2) is 73.2 Å². The summed E-state index contributed by atoms with van der Waals surface area (Å²) >= 11 is 0. The summed E-state index contributed by atoms with van der Waals surface area (Å²) in [6, 6.07) is 17.5. The number of methoxy groups -OCH3 is 1. The number of benzene rings is 2. The molecule has 0 unspecified atom stereocenters. The molecule has 2 amide bonds. The third-order valence-electron chi connectivity index (χ3n) is 8.16. The number of likely N-dealkylation sites (tertiary alicyclic amines) is 1. The quantitative estimate of drug-likeness (QED) is 0.109. The fourth-order valence-corrected chi connectivity index (χ4v) is 6.30. The number of fused-ring (bicyclic) bond motifs is 1. The standard InChI is InChI=1S/C29H36N4O5S.C5H8O2.C4H10/c1-38-27-19-25(22-11-6-4-7-12-22)32-24-15-14-21(18-23(24)27)10-5-2-3-8-17-39(36,37)31-20-28(34)33-16-9-13-26(33)29(30)35;1-2-3-4-5(6)7;1-3-4-2/h4,6-7,11-12,14-15,18-19,26,31H,2-3,5,8-10,13,16-17,20H2,1H3,(H2,30,35);2H,1,3-4H2,(H,6,7);3-4H2,1-2H3/t26-;;/m0../s1. The Morgan fingerprint density at radius 2 is 1.76 bits per heavy atom. The summed E-state index contributed by atoms with van der Waals surface area (Å²) in [6.45, 7) is 7.80. The van der Waals surface area contributed by atoms with Gasteiger partial charge in [-0.1, -0.05) is 82.0 Å². The van der Waals surface area contributed by atoms with Gasteiger partial charge in [-0.05, 0) is 56.2 Å². The molecule has 0 saturated carbocycles. The van der Waals surface area contributed by atoms with E-state index in [4.69, 9.17) is 20.6 Å². The van der Waals surface area contributed by atoms with Gasteiger partial charge in [0, 0.05) is 30.0 Å². The fraction of sp³-hybridized carbons (Fsp3) is 0.474.